The van der Waals surface area contributed by atoms with Crippen molar-refractivity contribution in [3.8, 4) is 22.3 Å². The molecule has 5 atom stereocenters. The maximum Gasteiger partial charge on any atom is 0.0495 e. The van der Waals surface area contributed by atoms with Crippen molar-refractivity contribution in [1.82, 2.24) is 0 Å². The molecule has 3 aliphatic rings. The summed E-state index contributed by atoms with van der Waals surface area (Å²) in [5.41, 5.74) is 13.8. The average Bonchev–Trinajstić information content (AvgIpc) is 3.76. The fourth-order valence-electron chi connectivity index (χ4n) is 11.7. The molecule has 2 heteroatoms. The molecule has 0 bridgehead atoms. The number of nitrogens with zero attached hydrogens (tertiary/aromatic N) is 2. The van der Waals surface area contributed by atoms with E-state index in [9.17, 15) is 0 Å². The first-order chi connectivity index (χ1) is 28.0. The predicted molar refractivity (Wildman–Crippen MR) is 245 cm³/mol. The Morgan fingerprint density at radius 3 is 1.77 bits per heavy atom. The van der Waals surface area contributed by atoms with Crippen molar-refractivity contribution in [1.29, 1.82) is 0 Å². The van der Waals surface area contributed by atoms with Gasteiger partial charge in [-0.2, -0.15) is 0 Å². The van der Waals surface area contributed by atoms with Crippen LogP contribution in [-0.4, -0.2) is 12.1 Å². The topological polar surface area (TPSA) is 6.48 Å². The van der Waals surface area contributed by atoms with Gasteiger partial charge < -0.3 is 9.80 Å². The van der Waals surface area contributed by atoms with Gasteiger partial charge in [0.2, 0.25) is 0 Å². The van der Waals surface area contributed by atoms with Gasteiger partial charge in [0.1, 0.15) is 0 Å². The molecule has 7 aromatic rings. The number of fused-ring (bicyclic) bond motifs is 6. The molecule has 1 fully saturated rings. The number of hydrogen-bond acceptors (Lipinski definition) is 2. The molecule has 10 rings (SSSR count). The van der Waals surface area contributed by atoms with Crippen molar-refractivity contribution in [2.45, 2.75) is 90.0 Å². The minimum absolute atomic E-state index is 0.0585. The molecule has 2 aliphatic heterocycles. The van der Waals surface area contributed by atoms with Gasteiger partial charge >= 0.3 is 0 Å². The standard InChI is InChI=1S/C55H56N2/c1-5-6-9-19-37(2)49-36-56(41-21-10-7-11-22-41)50-31-29-39(34-47(49)50)52-43-25-14-16-27-45(43)53(46-28-17-15-26-44(46)52)40-30-32-51-48(35-40)54-38(3)20-18-33-55(54,4)57(51)42-23-12-8-13-24-42/h7-8,10-17,21-32,34-35,37-38,49,54H,5-6,9,18-20,33,36H2,1-4H3. The molecule has 2 heterocycles. The average molecular weight is 745 g/mol. The van der Waals surface area contributed by atoms with Gasteiger partial charge in [-0.3, -0.25) is 0 Å². The second-order valence-electron chi connectivity index (χ2n) is 17.8. The molecule has 57 heavy (non-hydrogen) atoms. The van der Waals surface area contributed by atoms with Gasteiger partial charge in [0.05, 0.1) is 0 Å². The lowest BCUT2D eigenvalue weighted by molar-refractivity contribution is 0.223. The van der Waals surface area contributed by atoms with Crippen LogP contribution in [0.2, 0.25) is 0 Å². The molecular weight excluding hydrogens is 689 g/mol. The van der Waals surface area contributed by atoms with Crippen molar-refractivity contribution < 1.29 is 0 Å². The first-order valence-corrected chi connectivity index (χ1v) is 21.9. The monoisotopic (exact) mass is 744 g/mol. The van der Waals surface area contributed by atoms with Gasteiger partial charge in [0.25, 0.3) is 0 Å². The second-order valence-corrected chi connectivity index (χ2v) is 17.8. The quantitative estimate of drug-likeness (QED) is 0.107. The Kier molecular flexibility index (Phi) is 9.20. The highest BCUT2D eigenvalue weighted by Crippen LogP contribution is 2.60. The zero-order valence-corrected chi connectivity index (χ0v) is 34.2. The molecule has 0 saturated heterocycles. The number of anilines is 4. The predicted octanol–water partition coefficient (Wildman–Crippen LogP) is 15.6. The Bertz CT molecular complexity index is 2520. The molecule has 2 nitrogen and oxygen atoms in total. The molecule has 0 N–H and O–H groups in total. The summed E-state index contributed by atoms with van der Waals surface area (Å²) in [6.45, 7) is 10.9. The summed E-state index contributed by atoms with van der Waals surface area (Å²) in [4.78, 5) is 5.26. The van der Waals surface area contributed by atoms with Crippen LogP contribution >= 0.6 is 0 Å². The number of para-hydroxylation sites is 2. The number of rotatable bonds is 9. The highest BCUT2D eigenvalue weighted by Gasteiger charge is 2.52. The highest BCUT2D eigenvalue weighted by atomic mass is 15.2. The molecule has 0 amide bonds. The second kappa shape index (κ2) is 14.6. The van der Waals surface area contributed by atoms with Crippen LogP contribution in [0.25, 0.3) is 43.8 Å². The molecule has 1 saturated carbocycles. The van der Waals surface area contributed by atoms with E-state index in [1.165, 1.54) is 123 Å². The van der Waals surface area contributed by atoms with Crippen molar-refractivity contribution in [2.24, 2.45) is 11.8 Å². The molecule has 0 aromatic heterocycles. The molecule has 0 radical (unpaired) electrons. The molecule has 1 aliphatic carbocycles. The van der Waals surface area contributed by atoms with Crippen molar-refractivity contribution >= 4 is 44.3 Å². The van der Waals surface area contributed by atoms with Crippen LogP contribution in [-0.2, 0) is 0 Å². The van der Waals surface area contributed by atoms with Gasteiger partial charge in [-0.05, 0) is 135 Å². The number of unbranched alkanes of at least 4 members (excludes halogenated alkanes) is 2. The van der Waals surface area contributed by atoms with E-state index in [-0.39, 0.29) is 5.54 Å². The van der Waals surface area contributed by atoms with E-state index < -0.39 is 0 Å². The van der Waals surface area contributed by atoms with Crippen LogP contribution in [0.3, 0.4) is 0 Å². The van der Waals surface area contributed by atoms with Gasteiger partial charge in [-0.25, -0.2) is 0 Å². The summed E-state index contributed by atoms with van der Waals surface area (Å²) in [5.74, 6) is 2.21. The van der Waals surface area contributed by atoms with Gasteiger partial charge in [0.15, 0.2) is 0 Å². The Labute approximate surface area is 340 Å². The Morgan fingerprint density at radius 1 is 0.632 bits per heavy atom. The minimum atomic E-state index is 0.0585. The van der Waals surface area contributed by atoms with E-state index in [1.54, 1.807) is 0 Å². The smallest absolute Gasteiger partial charge is 0.0495 e. The fraction of sp³-hybridized carbons (Fsp3) is 0.309. The molecule has 0 spiro atoms. The van der Waals surface area contributed by atoms with Gasteiger partial charge in [-0.15, -0.1) is 0 Å². The van der Waals surface area contributed by atoms with Crippen LogP contribution in [0.4, 0.5) is 22.7 Å². The SMILES string of the molecule is CCCCCC(C)C1CN(c2ccccc2)c2ccc(-c3c4ccccc4c(-c4ccc5c(c4)C4C(C)CCCC4(C)N5c4ccccc4)c4ccccc34)cc21. The highest BCUT2D eigenvalue weighted by molar-refractivity contribution is 6.21. The zero-order chi connectivity index (χ0) is 38.7. The van der Waals surface area contributed by atoms with E-state index in [0.29, 0.717) is 23.7 Å². The van der Waals surface area contributed by atoms with Crippen LogP contribution in [0, 0.1) is 11.8 Å². The van der Waals surface area contributed by atoms with Crippen LogP contribution in [0.5, 0.6) is 0 Å². The van der Waals surface area contributed by atoms with E-state index in [2.05, 4.69) is 183 Å². The maximum absolute atomic E-state index is 2.69. The summed E-state index contributed by atoms with van der Waals surface area (Å²) in [5, 5.41) is 5.33. The van der Waals surface area contributed by atoms with Gasteiger partial charge in [0, 0.05) is 46.7 Å². The third kappa shape index (κ3) is 5.89. The lowest BCUT2D eigenvalue weighted by Gasteiger charge is -2.46. The maximum atomic E-state index is 2.69. The fourth-order valence-corrected chi connectivity index (χ4v) is 11.7. The minimum Gasteiger partial charge on any atom is -0.341 e. The molecule has 286 valence electrons. The lowest BCUT2D eigenvalue weighted by Crippen LogP contribution is -2.47. The molecular formula is C55H56N2. The summed E-state index contributed by atoms with van der Waals surface area (Å²) in [6, 6.07) is 55.5. The Morgan fingerprint density at radius 2 is 1.18 bits per heavy atom. The van der Waals surface area contributed by atoms with Crippen molar-refractivity contribution in [3.63, 3.8) is 0 Å². The Hall–Kier alpha value is -5.34. The molecule has 7 aromatic carbocycles. The van der Waals surface area contributed by atoms with E-state index in [4.69, 9.17) is 0 Å². The third-order valence-electron chi connectivity index (χ3n) is 14.3. The Balaban J connectivity index is 1.14. The van der Waals surface area contributed by atoms with Crippen LogP contribution < -0.4 is 9.80 Å². The van der Waals surface area contributed by atoms with E-state index >= 15 is 0 Å². The van der Waals surface area contributed by atoms with Crippen molar-refractivity contribution in [3.05, 3.63) is 157 Å². The number of hydrogen-bond donors (Lipinski definition) is 0. The lowest BCUT2D eigenvalue weighted by atomic mass is 9.67. The summed E-state index contributed by atoms with van der Waals surface area (Å²) < 4.78 is 0. The first kappa shape index (κ1) is 36.0. The van der Waals surface area contributed by atoms with E-state index in [0.717, 1.165) is 6.54 Å². The largest absolute Gasteiger partial charge is 0.341 e. The normalized spacial score (nSPS) is 21.8. The van der Waals surface area contributed by atoms with E-state index in [1.807, 2.05) is 0 Å². The van der Waals surface area contributed by atoms with Crippen LogP contribution in [0.15, 0.2) is 146 Å². The summed E-state index contributed by atoms with van der Waals surface area (Å²) >= 11 is 0. The first-order valence-electron chi connectivity index (χ1n) is 21.9. The summed E-state index contributed by atoms with van der Waals surface area (Å²) in [7, 11) is 0. The molecule has 5 unspecified atom stereocenters. The summed E-state index contributed by atoms with van der Waals surface area (Å²) in [6.07, 6.45) is 8.93. The van der Waals surface area contributed by atoms with Gasteiger partial charge in [-0.1, -0.05) is 150 Å². The van der Waals surface area contributed by atoms with Crippen LogP contribution in [0.1, 0.15) is 95.6 Å². The zero-order valence-electron chi connectivity index (χ0n) is 34.2. The third-order valence-corrected chi connectivity index (χ3v) is 14.3. The van der Waals surface area contributed by atoms with Crippen molar-refractivity contribution in [2.75, 3.05) is 16.3 Å². The number of benzene rings is 7.